The van der Waals surface area contributed by atoms with Gasteiger partial charge in [-0.2, -0.15) is 0 Å². The molecule has 0 aliphatic heterocycles. The van der Waals surface area contributed by atoms with Crippen LogP contribution < -0.4 is 5.73 Å². The Morgan fingerprint density at radius 1 is 1.50 bits per heavy atom. The largest absolute Gasteiger partial charge is 0.327 e. The Balaban J connectivity index is 2.71. The quantitative estimate of drug-likeness (QED) is 0.680. The van der Waals surface area contributed by atoms with Gasteiger partial charge in [0, 0.05) is 6.04 Å². The van der Waals surface area contributed by atoms with Gasteiger partial charge >= 0.3 is 0 Å². The molecule has 1 rings (SSSR count). The number of hydrogen-bond donors (Lipinski definition) is 1. The predicted octanol–water partition coefficient (Wildman–Crippen LogP) is 2.56. The van der Waals surface area contributed by atoms with Crippen LogP contribution in [0.15, 0.2) is 36.0 Å². The molecule has 1 unspecified atom stereocenters. The minimum absolute atomic E-state index is 0.314. The van der Waals surface area contributed by atoms with Gasteiger partial charge in [-0.1, -0.05) is 31.7 Å². The van der Waals surface area contributed by atoms with Crippen LogP contribution in [-0.2, 0) is 0 Å². The maximum atomic E-state index is 5.84. The molecule has 1 atom stereocenters. The molecule has 0 aromatic rings. The Hall–Kier alpha value is -0.820. The van der Waals surface area contributed by atoms with Gasteiger partial charge < -0.3 is 5.73 Å². The summed E-state index contributed by atoms with van der Waals surface area (Å²) in [5.41, 5.74) is 8.54. The average molecular weight is 163 g/mol. The van der Waals surface area contributed by atoms with Gasteiger partial charge in [-0.05, 0) is 30.4 Å². The molecule has 0 amide bonds. The first-order valence-corrected chi connectivity index (χ1v) is 4.54. The normalized spacial score (nSPS) is 24.0. The van der Waals surface area contributed by atoms with E-state index in [1.165, 1.54) is 11.1 Å². The first-order chi connectivity index (χ1) is 5.77. The third-order valence-corrected chi connectivity index (χ3v) is 2.18. The lowest BCUT2D eigenvalue weighted by Crippen LogP contribution is -2.15. The van der Waals surface area contributed by atoms with E-state index in [0.717, 1.165) is 19.3 Å². The van der Waals surface area contributed by atoms with Gasteiger partial charge in [-0.3, -0.25) is 0 Å². The van der Waals surface area contributed by atoms with Crippen molar-refractivity contribution in [1.29, 1.82) is 0 Å². The lowest BCUT2D eigenvalue weighted by atomic mass is 10.1. The molecule has 66 valence electrons. The third-order valence-electron chi connectivity index (χ3n) is 2.18. The Morgan fingerprint density at radius 3 is 2.75 bits per heavy atom. The molecule has 0 aromatic heterocycles. The molecule has 1 nitrogen and oxygen atoms in total. The van der Waals surface area contributed by atoms with Crippen molar-refractivity contribution >= 4 is 0 Å². The minimum atomic E-state index is 0.314. The number of nitrogens with two attached hydrogens (primary N) is 1. The van der Waals surface area contributed by atoms with Gasteiger partial charge in [0.25, 0.3) is 0 Å². The molecular formula is C11H17N. The van der Waals surface area contributed by atoms with Crippen LogP contribution in [0.2, 0.25) is 0 Å². The van der Waals surface area contributed by atoms with Crippen LogP contribution in [0.25, 0.3) is 0 Å². The van der Waals surface area contributed by atoms with Crippen molar-refractivity contribution in [3.8, 4) is 0 Å². The molecule has 0 saturated heterocycles. The molecule has 0 radical (unpaired) electrons. The van der Waals surface area contributed by atoms with Crippen LogP contribution in [0.3, 0.4) is 0 Å². The number of rotatable bonds is 3. The molecule has 0 fully saturated rings. The summed E-state index contributed by atoms with van der Waals surface area (Å²) >= 11 is 0. The maximum Gasteiger partial charge on any atom is 0.0120 e. The third kappa shape index (κ3) is 2.08. The SMILES string of the molecule is C=CC1=C(/C=C\CC)CC(N)C1. The molecule has 12 heavy (non-hydrogen) atoms. The summed E-state index contributed by atoms with van der Waals surface area (Å²) in [5.74, 6) is 0. The van der Waals surface area contributed by atoms with Crippen molar-refractivity contribution in [3.63, 3.8) is 0 Å². The highest BCUT2D eigenvalue weighted by Crippen LogP contribution is 2.26. The maximum absolute atomic E-state index is 5.84. The Bertz CT molecular complexity index is 223. The van der Waals surface area contributed by atoms with Gasteiger partial charge in [0.15, 0.2) is 0 Å². The highest BCUT2D eigenvalue weighted by atomic mass is 14.6. The predicted molar refractivity (Wildman–Crippen MR) is 53.9 cm³/mol. The van der Waals surface area contributed by atoms with E-state index in [2.05, 4.69) is 25.7 Å². The molecule has 0 spiro atoms. The monoisotopic (exact) mass is 163 g/mol. The van der Waals surface area contributed by atoms with Crippen molar-refractivity contribution in [2.75, 3.05) is 0 Å². The summed E-state index contributed by atoms with van der Waals surface area (Å²) in [6, 6.07) is 0.314. The zero-order valence-corrected chi connectivity index (χ0v) is 7.72. The molecule has 1 aliphatic rings. The molecule has 1 heteroatoms. The molecule has 1 aliphatic carbocycles. The zero-order chi connectivity index (χ0) is 8.97. The van der Waals surface area contributed by atoms with Crippen LogP contribution in [0, 0.1) is 0 Å². The summed E-state index contributed by atoms with van der Waals surface area (Å²) in [6.45, 7) is 5.93. The van der Waals surface area contributed by atoms with Crippen LogP contribution in [0.1, 0.15) is 26.2 Å². The second-order valence-corrected chi connectivity index (χ2v) is 3.23. The van der Waals surface area contributed by atoms with Crippen LogP contribution in [0.5, 0.6) is 0 Å². The van der Waals surface area contributed by atoms with Crippen molar-refractivity contribution in [2.45, 2.75) is 32.2 Å². The van der Waals surface area contributed by atoms with Crippen LogP contribution >= 0.6 is 0 Å². The first kappa shape index (κ1) is 9.27. The second kappa shape index (κ2) is 4.27. The summed E-state index contributed by atoms with van der Waals surface area (Å²) in [5, 5.41) is 0. The Kier molecular flexibility index (Phi) is 3.30. The first-order valence-electron chi connectivity index (χ1n) is 4.54. The fourth-order valence-corrected chi connectivity index (χ4v) is 1.55. The van der Waals surface area contributed by atoms with Crippen molar-refractivity contribution in [2.24, 2.45) is 5.73 Å². The van der Waals surface area contributed by atoms with Gasteiger partial charge in [-0.25, -0.2) is 0 Å². The summed E-state index contributed by atoms with van der Waals surface area (Å²) < 4.78 is 0. The fraction of sp³-hybridized carbons (Fsp3) is 0.455. The molecule has 0 aromatic carbocycles. The van der Waals surface area contributed by atoms with E-state index in [4.69, 9.17) is 5.73 Å². The van der Waals surface area contributed by atoms with E-state index < -0.39 is 0 Å². The smallest absolute Gasteiger partial charge is 0.0120 e. The molecule has 0 bridgehead atoms. The van der Waals surface area contributed by atoms with Gasteiger partial charge in [0.05, 0.1) is 0 Å². The molecule has 0 heterocycles. The Labute approximate surface area is 74.7 Å². The zero-order valence-electron chi connectivity index (χ0n) is 7.72. The topological polar surface area (TPSA) is 26.0 Å². The van der Waals surface area contributed by atoms with Crippen LogP contribution in [0.4, 0.5) is 0 Å². The van der Waals surface area contributed by atoms with E-state index in [1.54, 1.807) is 0 Å². The number of allylic oxidation sites excluding steroid dienone is 3. The molecular weight excluding hydrogens is 146 g/mol. The van der Waals surface area contributed by atoms with Crippen LogP contribution in [-0.4, -0.2) is 6.04 Å². The minimum Gasteiger partial charge on any atom is -0.327 e. The van der Waals surface area contributed by atoms with E-state index in [-0.39, 0.29) is 0 Å². The van der Waals surface area contributed by atoms with Crippen molar-refractivity contribution in [3.05, 3.63) is 36.0 Å². The lowest BCUT2D eigenvalue weighted by Gasteiger charge is -1.97. The molecule has 0 saturated carbocycles. The van der Waals surface area contributed by atoms with Crippen molar-refractivity contribution in [1.82, 2.24) is 0 Å². The second-order valence-electron chi connectivity index (χ2n) is 3.23. The summed E-state index contributed by atoms with van der Waals surface area (Å²) in [6.07, 6.45) is 9.39. The molecule has 2 N–H and O–H groups in total. The van der Waals surface area contributed by atoms with Gasteiger partial charge in [0.2, 0.25) is 0 Å². The van der Waals surface area contributed by atoms with E-state index >= 15 is 0 Å². The summed E-state index contributed by atoms with van der Waals surface area (Å²) in [7, 11) is 0. The van der Waals surface area contributed by atoms with E-state index in [9.17, 15) is 0 Å². The fourth-order valence-electron chi connectivity index (χ4n) is 1.55. The van der Waals surface area contributed by atoms with Gasteiger partial charge in [0.1, 0.15) is 0 Å². The van der Waals surface area contributed by atoms with Crippen molar-refractivity contribution < 1.29 is 0 Å². The summed E-state index contributed by atoms with van der Waals surface area (Å²) in [4.78, 5) is 0. The van der Waals surface area contributed by atoms with E-state index in [0.29, 0.717) is 6.04 Å². The number of hydrogen-bond acceptors (Lipinski definition) is 1. The van der Waals surface area contributed by atoms with Gasteiger partial charge in [-0.15, -0.1) is 0 Å². The Morgan fingerprint density at radius 2 is 2.17 bits per heavy atom. The van der Waals surface area contributed by atoms with E-state index in [1.807, 2.05) is 6.08 Å². The lowest BCUT2D eigenvalue weighted by molar-refractivity contribution is 0.719. The standard InChI is InChI=1S/C11H17N/c1-3-5-6-10-8-11(12)7-9(10)4-2/h4-6,11H,2-3,7-8,12H2,1H3/b6-5-. The average Bonchev–Trinajstić information content (AvgIpc) is 2.42. The highest BCUT2D eigenvalue weighted by molar-refractivity contribution is 5.37. The highest BCUT2D eigenvalue weighted by Gasteiger charge is 2.16.